The SMILES string of the molecule is O=C1C=C(C(O)CCO)C(=O)O1. The van der Waals surface area contributed by atoms with E-state index in [1.165, 1.54) is 0 Å². The molecule has 5 heteroatoms. The van der Waals surface area contributed by atoms with Crippen LogP contribution in [0.25, 0.3) is 0 Å². The molecule has 0 aromatic carbocycles. The number of hydrogen-bond acceptors (Lipinski definition) is 5. The van der Waals surface area contributed by atoms with Crippen LogP contribution in [-0.2, 0) is 14.3 Å². The summed E-state index contributed by atoms with van der Waals surface area (Å²) in [5.74, 6) is -1.60. The zero-order valence-corrected chi connectivity index (χ0v) is 6.19. The lowest BCUT2D eigenvalue weighted by molar-refractivity contribution is -0.151. The van der Waals surface area contributed by atoms with Crippen LogP contribution in [0.4, 0.5) is 0 Å². The van der Waals surface area contributed by atoms with Crippen LogP contribution >= 0.6 is 0 Å². The van der Waals surface area contributed by atoms with Crippen molar-refractivity contribution in [3.63, 3.8) is 0 Å². The Bertz CT molecular complexity index is 242. The van der Waals surface area contributed by atoms with Crippen molar-refractivity contribution >= 4 is 11.9 Å². The molecule has 1 heterocycles. The average Bonchev–Trinajstić information content (AvgIpc) is 2.30. The molecule has 1 aliphatic rings. The maximum absolute atomic E-state index is 10.7. The van der Waals surface area contributed by atoms with E-state index >= 15 is 0 Å². The van der Waals surface area contributed by atoms with E-state index in [2.05, 4.69) is 4.74 Å². The minimum absolute atomic E-state index is 0.0220. The van der Waals surface area contributed by atoms with Crippen LogP contribution in [0.2, 0.25) is 0 Å². The van der Waals surface area contributed by atoms with Gasteiger partial charge in [-0.3, -0.25) is 0 Å². The Hall–Kier alpha value is -1.20. The molecule has 0 aliphatic carbocycles. The highest BCUT2D eigenvalue weighted by atomic mass is 16.6. The molecule has 0 saturated heterocycles. The lowest BCUT2D eigenvalue weighted by Gasteiger charge is -2.05. The minimum atomic E-state index is -1.12. The predicted octanol–water partition coefficient (Wildman–Crippen LogP) is -1.26. The molecule has 1 aliphatic heterocycles. The standard InChI is InChI=1S/C7H8O5/c8-2-1-5(9)4-3-6(10)12-7(4)11/h3,5,8-9H,1-2H2. The van der Waals surface area contributed by atoms with Gasteiger partial charge in [-0.25, -0.2) is 9.59 Å². The Kier molecular flexibility index (Phi) is 2.57. The number of cyclic esters (lactones) is 2. The fourth-order valence-electron chi connectivity index (χ4n) is 0.876. The molecule has 0 spiro atoms. The molecule has 66 valence electrons. The maximum atomic E-state index is 10.7. The van der Waals surface area contributed by atoms with Gasteiger partial charge in [0.05, 0.1) is 11.7 Å². The highest BCUT2D eigenvalue weighted by molar-refractivity contribution is 6.09. The van der Waals surface area contributed by atoms with Crippen molar-refractivity contribution in [1.29, 1.82) is 0 Å². The Balaban J connectivity index is 2.67. The van der Waals surface area contributed by atoms with Crippen molar-refractivity contribution in [2.75, 3.05) is 6.61 Å². The largest absolute Gasteiger partial charge is 0.396 e. The van der Waals surface area contributed by atoms with Crippen LogP contribution in [0, 0.1) is 0 Å². The molecule has 0 amide bonds. The molecule has 2 N–H and O–H groups in total. The first-order valence-corrected chi connectivity index (χ1v) is 3.42. The van der Waals surface area contributed by atoms with Gasteiger partial charge in [-0.05, 0) is 0 Å². The fourth-order valence-corrected chi connectivity index (χ4v) is 0.876. The first-order valence-electron chi connectivity index (χ1n) is 3.42. The van der Waals surface area contributed by atoms with Crippen LogP contribution in [0.3, 0.4) is 0 Å². The number of aliphatic hydroxyl groups is 2. The zero-order valence-electron chi connectivity index (χ0n) is 6.19. The summed E-state index contributed by atoms with van der Waals surface area (Å²) in [6.07, 6.45) is -0.161. The van der Waals surface area contributed by atoms with Gasteiger partial charge in [-0.1, -0.05) is 0 Å². The van der Waals surface area contributed by atoms with Crippen molar-refractivity contribution in [1.82, 2.24) is 0 Å². The number of carbonyl (C=O) groups excluding carboxylic acids is 2. The van der Waals surface area contributed by atoms with E-state index in [0.29, 0.717) is 0 Å². The summed E-state index contributed by atoms with van der Waals surface area (Å²) in [5.41, 5.74) is -0.0888. The van der Waals surface area contributed by atoms with Gasteiger partial charge in [0.15, 0.2) is 0 Å². The van der Waals surface area contributed by atoms with Crippen molar-refractivity contribution in [2.24, 2.45) is 0 Å². The summed E-state index contributed by atoms with van der Waals surface area (Å²) in [6.45, 7) is -0.250. The summed E-state index contributed by atoms with van der Waals surface area (Å²) in [6, 6.07) is 0. The van der Waals surface area contributed by atoms with Gasteiger partial charge in [0, 0.05) is 19.1 Å². The third kappa shape index (κ3) is 1.69. The van der Waals surface area contributed by atoms with Gasteiger partial charge in [0.2, 0.25) is 0 Å². The quantitative estimate of drug-likeness (QED) is 0.410. The van der Waals surface area contributed by atoms with E-state index in [9.17, 15) is 9.59 Å². The summed E-state index contributed by atoms with van der Waals surface area (Å²) >= 11 is 0. The predicted molar refractivity (Wildman–Crippen MR) is 36.9 cm³/mol. The molecule has 0 radical (unpaired) electrons. The molecule has 12 heavy (non-hydrogen) atoms. The molecule has 5 nitrogen and oxygen atoms in total. The summed E-state index contributed by atoms with van der Waals surface area (Å²) < 4.78 is 4.13. The molecule has 1 rings (SSSR count). The molecular formula is C7H8O5. The van der Waals surface area contributed by atoms with E-state index in [4.69, 9.17) is 10.2 Å². The van der Waals surface area contributed by atoms with Crippen LogP contribution in [-0.4, -0.2) is 34.9 Å². The number of carbonyl (C=O) groups is 2. The molecule has 0 fully saturated rings. The second kappa shape index (κ2) is 3.46. The van der Waals surface area contributed by atoms with Crippen molar-refractivity contribution < 1.29 is 24.5 Å². The van der Waals surface area contributed by atoms with Gasteiger partial charge in [0.25, 0.3) is 0 Å². The average molecular weight is 172 g/mol. The normalized spacial score (nSPS) is 19.0. The summed E-state index contributed by atoms with van der Waals surface area (Å²) in [4.78, 5) is 21.2. The molecule has 0 saturated carbocycles. The Morgan fingerprint density at radius 1 is 1.50 bits per heavy atom. The lowest BCUT2D eigenvalue weighted by Crippen LogP contribution is -2.17. The van der Waals surface area contributed by atoms with Crippen molar-refractivity contribution in [3.05, 3.63) is 11.6 Å². The number of esters is 2. The Labute approximate surface area is 68.3 Å². The topological polar surface area (TPSA) is 83.8 Å². The second-order valence-corrected chi connectivity index (χ2v) is 2.34. The fraction of sp³-hybridized carbons (Fsp3) is 0.429. The minimum Gasteiger partial charge on any atom is -0.396 e. The second-order valence-electron chi connectivity index (χ2n) is 2.34. The van der Waals surface area contributed by atoms with E-state index in [1.807, 2.05) is 0 Å². The third-order valence-electron chi connectivity index (χ3n) is 1.46. The molecule has 0 aromatic heterocycles. The smallest absolute Gasteiger partial charge is 0.344 e. The zero-order chi connectivity index (χ0) is 9.14. The Morgan fingerprint density at radius 2 is 2.17 bits per heavy atom. The van der Waals surface area contributed by atoms with Gasteiger partial charge < -0.3 is 14.9 Å². The van der Waals surface area contributed by atoms with Crippen molar-refractivity contribution in [2.45, 2.75) is 12.5 Å². The number of ether oxygens (including phenoxy) is 1. The van der Waals surface area contributed by atoms with Crippen LogP contribution in [0.5, 0.6) is 0 Å². The lowest BCUT2D eigenvalue weighted by atomic mass is 10.1. The van der Waals surface area contributed by atoms with E-state index in [0.717, 1.165) is 6.08 Å². The number of aliphatic hydroxyl groups excluding tert-OH is 2. The first kappa shape index (κ1) is 8.89. The van der Waals surface area contributed by atoms with Gasteiger partial charge in [-0.15, -0.1) is 0 Å². The van der Waals surface area contributed by atoms with E-state index < -0.39 is 18.0 Å². The molecule has 0 bridgehead atoms. The van der Waals surface area contributed by atoms with Gasteiger partial charge in [-0.2, -0.15) is 0 Å². The highest BCUT2D eigenvalue weighted by Crippen LogP contribution is 2.14. The van der Waals surface area contributed by atoms with Gasteiger partial charge in [0.1, 0.15) is 0 Å². The monoisotopic (exact) mass is 172 g/mol. The maximum Gasteiger partial charge on any atom is 0.344 e. The molecule has 0 aromatic rings. The Morgan fingerprint density at radius 3 is 2.58 bits per heavy atom. The molecular weight excluding hydrogens is 164 g/mol. The highest BCUT2D eigenvalue weighted by Gasteiger charge is 2.28. The van der Waals surface area contributed by atoms with E-state index in [-0.39, 0.29) is 18.6 Å². The molecule has 1 atom stereocenters. The van der Waals surface area contributed by atoms with E-state index in [1.54, 1.807) is 0 Å². The number of rotatable bonds is 3. The van der Waals surface area contributed by atoms with Gasteiger partial charge >= 0.3 is 11.9 Å². The third-order valence-corrected chi connectivity index (χ3v) is 1.46. The van der Waals surface area contributed by atoms with Crippen LogP contribution < -0.4 is 0 Å². The van der Waals surface area contributed by atoms with Crippen LogP contribution in [0.15, 0.2) is 11.6 Å². The molecule has 1 unspecified atom stereocenters. The number of hydrogen-bond donors (Lipinski definition) is 2. The summed E-state index contributed by atoms with van der Waals surface area (Å²) in [5, 5.41) is 17.6. The summed E-state index contributed by atoms with van der Waals surface area (Å²) in [7, 11) is 0. The van der Waals surface area contributed by atoms with Crippen LogP contribution in [0.1, 0.15) is 6.42 Å². The van der Waals surface area contributed by atoms with Crippen molar-refractivity contribution in [3.8, 4) is 0 Å². The first-order chi connectivity index (χ1) is 5.65.